The smallest absolute Gasteiger partial charge is 0.227 e. The number of halogens is 5. The minimum absolute atomic E-state index is 0.136. The van der Waals surface area contributed by atoms with Gasteiger partial charge in [0.15, 0.2) is 10.1 Å². The highest BCUT2D eigenvalue weighted by atomic mass is 35.6. The third kappa shape index (κ3) is 2.35. The van der Waals surface area contributed by atoms with Crippen LogP contribution < -0.4 is 0 Å². The Kier molecular flexibility index (Phi) is 3.84. The number of hydrogen-bond donors (Lipinski definition) is 0. The first-order valence-corrected chi connectivity index (χ1v) is 6.78. The molecule has 0 aliphatic carbocycles. The van der Waals surface area contributed by atoms with Crippen molar-refractivity contribution in [2.24, 2.45) is 0 Å². The summed E-state index contributed by atoms with van der Waals surface area (Å²) in [6.45, 7) is 0. The summed E-state index contributed by atoms with van der Waals surface area (Å²) in [6.07, 6.45) is 0. The van der Waals surface area contributed by atoms with Gasteiger partial charge in [-0.3, -0.25) is 5.11 Å². The zero-order valence-electron chi connectivity index (χ0n) is 8.76. The van der Waals surface area contributed by atoms with E-state index in [4.69, 9.17) is 58.0 Å². The molecule has 0 amide bonds. The minimum atomic E-state index is -1.91. The molecule has 0 N–H and O–H groups in total. The van der Waals surface area contributed by atoms with Crippen molar-refractivity contribution < 1.29 is 5.11 Å². The largest absolute Gasteiger partial charge is 0.289 e. The predicted octanol–water partition coefficient (Wildman–Crippen LogP) is 5.98. The van der Waals surface area contributed by atoms with E-state index in [9.17, 15) is 5.11 Å². The second kappa shape index (κ2) is 4.81. The maximum Gasteiger partial charge on any atom is 0.227 e. The molecule has 1 nitrogen and oxygen atoms in total. The molecular formula is C12H6Cl5O. The molecule has 2 rings (SSSR count). The number of benzene rings is 2. The van der Waals surface area contributed by atoms with Gasteiger partial charge >= 0.3 is 0 Å². The Morgan fingerprint density at radius 3 is 1.94 bits per heavy atom. The van der Waals surface area contributed by atoms with Gasteiger partial charge in [-0.15, -0.1) is 0 Å². The first kappa shape index (κ1) is 14.4. The second-order valence-electron chi connectivity index (χ2n) is 3.73. The summed E-state index contributed by atoms with van der Waals surface area (Å²) in [5.41, 5.74) is 0.390. The van der Waals surface area contributed by atoms with Crippen LogP contribution in [0.2, 0.25) is 0 Å². The highest BCUT2D eigenvalue weighted by molar-refractivity contribution is 6.75. The average Bonchev–Trinajstić information content (AvgIpc) is 2.27. The minimum Gasteiger partial charge on any atom is -0.289 e. The summed E-state index contributed by atoms with van der Waals surface area (Å²) in [4.78, 5) is 0. The van der Waals surface area contributed by atoms with Gasteiger partial charge < -0.3 is 0 Å². The van der Waals surface area contributed by atoms with E-state index in [2.05, 4.69) is 0 Å². The molecule has 0 aliphatic rings. The first-order valence-electron chi connectivity index (χ1n) is 4.89. The van der Waals surface area contributed by atoms with E-state index in [1.807, 2.05) is 0 Å². The lowest BCUT2D eigenvalue weighted by atomic mass is 10.0. The molecule has 0 spiro atoms. The van der Waals surface area contributed by atoms with Crippen LogP contribution in [-0.4, -0.2) is 3.79 Å². The molecule has 0 unspecified atom stereocenters. The molecule has 0 aromatic heterocycles. The van der Waals surface area contributed by atoms with Crippen molar-refractivity contribution in [2.75, 3.05) is 0 Å². The fourth-order valence-corrected chi connectivity index (χ4v) is 2.34. The number of fused-ring (bicyclic) bond motifs is 1. The molecule has 0 aliphatic heterocycles. The van der Waals surface area contributed by atoms with E-state index in [0.29, 0.717) is 16.3 Å². The van der Waals surface area contributed by atoms with E-state index in [0.717, 1.165) is 0 Å². The molecule has 0 bridgehead atoms. The monoisotopic (exact) mass is 341 g/mol. The van der Waals surface area contributed by atoms with Crippen LogP contribution in [-0.2, 0) is 9.44 Å². The maximum atomic E-state index is 11.7. The molecule has 0 saturated carbocycles. The first-order chi connectivity index (χ1) is 8.25. The van der Waals surface area contributed by atoms with Crippen LogP contribution in [0.5, 0.6) is 5.75 Å². The van der Waals surface area contributed by atoms with Crippen molar-refractivity contribution in [2.45, 2.75) is 8.13 Å². The Labute approximate surface area is 129 Å². The topological polar surface area (TPSA) is 19.9 Å². The summed E-state index contributed by atoms with van der Waals surface area (Å²) >= 11 is 29.6. The van der Waals surface area contributed by atoms with Crippen LogP contribution in [0.15, 0.2) is 36.4 Å². The van der Waals surface area contributed by atoms with Crippen LogP contribution in [0, 0.1) is 0 Å². The second-order valence-corrected chi connectivity index (χ2v) is 7.34. The molecule has 0 saturated heterocycles. The van der Waals surface area contributed by atoms with Gasteiger partial charge in [-0.25, -0.2) is 0 Å². The Morgan fingerprint density at radius 2 is 1.33 bits per heavy atom. The molecule has 0 fully saturated rings. The standard InChI is InChI=1S/C12H6Cl5O/c13-11(14,12(15,16)17)9-5-1-4-8-7(9)3-2-6-10(8)18/h1-6H. The number of alkyl halides is 5. The van der Waals surface area contributed by atoms with Crippen molar-refractivity contribution in [1.82, 2.24) is 0 Å². The molecule has 18 heavy (non-hydrogen) atoms. The molecule has 0 heterocycles. The summed E-state index contributed by atoms with van der Waals surface area (Å²) in [6, 6.07) is 9.71. The fraction of sp³-hybridized carbons (Fsp3) is 0.167. The Bertz CT molecular complexity index is 589. The van der Waals surface area contributed by atoms with Gasteiger partial charge in [-0.2, -0.15) is 0 Å². The Hall–Kier alpha value is -0.0500. The van der Waals surface area contributed by atoms with Gasteiger partial charge in [-0.1, -0.05) is 88.3 Å². The van der Waals surface area contributed by atoms with Gasteiger partial charge in [0.05, 0.1) is 0 Å². The molecular weight excluding hydrogens is 337 g/mol. The zero-order valence-corrected chi connectivity index (χ0v) is 12.5. The number of rotatable bonds is 1. The van der Waals surface area contributed by atoms with Gasteiger partial charge in [0, 0.05) is 10.9 Å². The third-order valence-electron chi connectivity index (χ3n) is 2.58. The molecule has 0 atom stereocenters. The predicted molar refractivity (Wildman–Crippen MR) is 77.8 cm³/mol. The van der Waals surface area contributed by atoms with Gasteiger partial charge in [-0.05, 0) is 11.5 Å². The Balaban J connectivity index is 2.77. The van der Waals surface area contributed by atoms with Crippen molar-refractivity contribution >= 4 is 68.8 Å². The normalized spacial score (nSPS) is 12.9. The van der Waals surface area contributed by atoms with Crippen LogP contribution >= 0.6 is 58.0 Å². The van der Waals surface area contributed by atoms with Crippen LogP contribution in [0.25, 0.3) is 10.8 Å². The number of hydrogen-bond acceptors (Lipinski definition) is 0. The van der Waals surface area contributed by atoms with E-state index in [1.165, 1.54) is 6.07 Å². The molecule has 2 aromatic carbocycles. The van der Waals surface area contributed by atoms with Gasteiger partial charge in [0.1, 0.15) is 0 Å². The maximum absolute atomic E-state index is 11.7. The summed E-state index contributed by atoms with van der Waals surface area (Å²) in [7, 11) is 0. The lowest BCUT2D eigenvalue weighted by Crippen LogP contribution is -2.28. The van der Waals surface area contributed by atoms with Crippen LogP contribution in [0.4, 0.5) is 0 Å². The quantitative estimate of drug-likeness (QED) is 0.567. The highest BCUT2D eigenvalue weighted by Crippen LogP contribution is 2.54. The van der Waals surface area contributed by atoms with E-state index >= 15 is 0 Å². The third-order valence-corrected chi connectivity index (χ3v) is 4.98. The van der Waals surface area contributed by atoms with Gasteiger partial charge in [0.2, 0.25) is 3.79 Å². The van der Waals surface area contributed by atoms with E-state index in [-0.39, 0.29) is 5.75 Å². The van der Waals surface area contributed by atoms with E-state index in [1.54, 1.807) is 30.3 Å². The summed E-state index contributed by atoms with van der Waals surface area (Å²) < 4.78 is -3.66. The fourth-order valence-electron chi connectivity index (χ4n) is 1.71. The molecule has 6 heteroatoms. The average molecular weight is 343 g/mol. The Morgan fingerprint density at radius 1 is 0.778 bits per heavy atom. The van der Waals surface area contributed by atoms with Crippen molar-refractivity contribution in [3.8, 4) is 5.75 Å². The summed E-state index contributed by atoms with van der Waals surface area (Å²) in [5.74, 6) is -0.136. The zero-order chi connectivity index (χ0) is 13.6. The summed E-state index contributed by atoms with van der Waals surface area (Å²) in [5, 5.41) is 12.8. The van der Waals surface area contributed by atoms with Crippen LogP contribution in [0.3, 0.4) is 0 Å². The van der Waals surface area contributed by atoms with Crippen molar-refractivity contribution in [1.29, 1.82) is 0 Å². The van der Waals surface area contributed by atoms with E-state index < -0.39 is 8.13 Å². The molecule has 1 radical (unpaired) electrons. The lowest BCUT2D eigenvalue weighted by molar-refractivity contribution is 0.360. The molecule has 2 aromatic rings. The van der Waals surface area contributed by atoms with Gasteiger partial charge in [0.25, 0.3) is 0 Å². The van der Waals surface area contributed by atoms with Crippen LogP contribution in [0.1, 0.15) is 5.56 Å². The lowest BCUT2D eigenvalue weighted by Gasteiger charge is -2.28. The van der Waals surface area contributed by atoms with Crippen molar-refractivity contribution in [3.05, 3.63) is 42.0 Å². The van der Waals surface area contributed by atoms with Crippen molar-refractivity contribution in [3.63, 3.8) is 0 Å². The highest BCUT2D eigenvalue weighted by Gasteiger charge is 2.48. The SMILES string of the molecule is [O]c1cccc2c(C(Cl)(Cl)C(Cl)(Cl)Cl)cccc12. The molecule has 95 valence electrons.